The van der Waals surface area contributed by atoms with Crippen molar-refractivity contribution in [2.24, 2.45) is 0 Å². The number of hydrogen-bond donors (Lipinski definition) is 11. The highest BCUT2D eigenvalue weighted by molar-refractivity contribution is 7.48. The lowest BCUT2D eigenvalue weighted by atomic mass is 10.2. The van der Waals surface area contributed by atoms with Crippen molar-refractivity contribution in [3.05, 3.63) is 78.6 Å². The molecule has 0 aliphatic carbocycles. The maximum absolute atomic E-state index is 14.1. The number of aliphatic hydroxyl groups excluding tert-OH is 2. The van der Waals surface area contributed by atoms with Crippen LogP contribution in [0.1, 0.15) is 56.2 Å². The van der Waals surface area contributed by atoms with E-state index in [4.69, 9.17) is 63.3 Å². The number of aliphatic hydroxyl groups is 2. The Bertz CT molecular complexity index is 3960. The molecule has 442 valence electrons. The highest BCUT2D eigenvalue weighted by atomic mass is 31.2. The van der Waals surface area contributed by atoms with Gasteiger partial charge in [-0.25, -0.2) is 43.4 Å². The van der Waals surface area contributed by atoms with Gasteiger partial charge >= 0.3 is 29.2 Å². The van der Waals surface area contributed by atoms with Gasteiger partial charge in [-0.2, -0.15) is 9.97 Å². The topological polar surface area (TPSA) is 548 Å². The molecule has 4 aliphatic heterocycles. The third-order valence-electron chi connectivity index (χ3n) is 13.6. The zero-order valence-electron chi connectivity index (χ0n) is 42.1. The van der Waals surface area contributed by atoms with Crippen LogP contribution < -0.4 is 39.6 Å². The van der Waals surface area contributed by atoms with Crippen LogP contribution in [-0.4, -0.2) is 168 Å². The van der Waals surface area contributed by atoms with E-state index in [9.17, 15) is 57.8 Å². The molecule has 7 aromatic rings. The van der Waals surface area contributed by atoms with Crippen molar-refractivity contribution >= 4 is 74.7 Å². The summed E-state index contributed by atoms with van der Waals surface area (Å²) in [6, 6.07) is 0. The van der Waals surface area contributed by atoms with Gasteiger partial charge in [0.1, 0.15) is 79.5 Å². The van der Waals surface area contributed by atoms with Crippen LogP contribution in [-0.2, 0) is 59.8 Å². The number of fused-ring (bicyclic) bond motifs is 3. The molecular weight excluding hydrogens is 1160 g/mol. The molecule has 7 aromatic heterocycles. The van der Waals surface area contributed by atoms with E-state index in [1.807, 2.05) is 0 Å². The number of anilines is 3. The van der Waals surface area contributed by atoms with Gasteiger partial charge in [-0.15, -0.1) is 0 Å². The molecular formula is C40H50N17O22P3. The van der Waals surface area contributed by atoms with E-state index in [-0.39, 0.29) is 82.5 Å². The van der Waals surface area contributed by atoms with Crippen LogP contribution in [0.15, 0.2) is 50.7 Å². The minimum absolute atomic E-state index is 0.000586. The molecule has 0 spiro atoms. The van der Waals surface area contributed by atoms with Crippen molar-refractivity contribution in [3.63, 3.8) is 0 Å². The van der Waals surface area contributed by atoms with Gasteiger partial charge in [-0.05, 0) is 6.92 Å². The normalized spacial score (nSPS) is 29.0. The number of nitrogen functional groups attached to an aromatic ring is 3. The molecule has 0 radical (unpaired) electrons. The molecule has 0 aromatic carbocycles. The SMILES string of the molecule is Cc1cn([C@H]2C[C@H](OP(=O)(O)OC[C@H]3O[C@@H](n4cnc5c(N)ncnc54)C[C@@H]3OP(=O)(O)OC[C@H]3O[C@@H](n4cnc5c(=O)[nH]c(N)nc54)C[C@@H]3OP(=O)(O)OC[C@H]3O[C@@H](n4cnc5c(=O)[nH]c(N)nc54)C[C@@H]3O)[C@@H](CO)O2)c(=O)[nH]c1=O. The summed E-state index contributed by atoms with van der Waals surface area (Å²) < 4.78 is 103. The first kappa shape index (κ1) is 57.2. The van der Waals surface area contributed by atoms with Crippen LogP contribution in [0.25, 0.3) is 33.5 Å². The van der Waals surface area contributed by atoms with Crippen LogP contribution in [0.2, 0.25) is 0 Å². The van der Waals surface area contributed by atoms with Gasteiger partial charge in [0, 0.05) is 37.4 Å². The summed E-state index contributed by atoms with van der Waals surface area (Å²) in [5.41, 5.74) is 14.8. The molecule has 4 fully saturated rings. The number of imidazole rings is 3. The van der Waals surface area contributed by atoms with Crippen molar-refractivity contribution in [1.29, 1.82) is 0 Å². The average Bonchev–Trinajstić information content (AvgIpc) is 4.45. The standard InChI is InChI=1S/C40H50N17O22P3/c1-15-6-54(40(63)53-35(15)60)25-3-17(20(7-58)73-25)77-81(66,67)71-9-22-18(4-26(75-22)55-12-46-28-31(41)44-11-45-32(28)55)79-82(68,69)72-10-23-19(5-27(76-23)57-14-48-30-34(57)50-39(43)52-37(30)62)78-80(64,65)70-8-21-16(59)2-24(74-21)56-13-47-29-33(56)49-38(42)51-36(29)61/h6,11-14,16-27,58-59H,2-5,7-10H2,1H3,(H,64,65)(H,66,67)(H,68,69)(H2,41,44,45)(H,53,60,63)(H3,42,49,51,61)(H3,43,50,52,62)/t16-,17-,18-,19-,20+,21+,22+,23+,24+,25+,26+,27+/m0/s1. The van der Waals surface area contributed by atoms with Crippen LogP contribution in [0.3, 0.4) is 0 Å². The number of nitrogens with one attached hydrogen (secondary N) is 3. The molecule has 15 atom stereocenters. The van der Waals surface area contributed by atoms with Crippen molar-refractivity contribution < 1.29 is 84.7 Å². The van der Waals surface area contributed by atoms with Gasteiger partial charge < -0.3 is 61.0 Å². The van der Waals surface area contributed by atoms with E-state index in [0.717, 1.165) is 17.2 Å². The lowest BCUT2D eigenvalue weighted by Crippen LogP contribution is -2.33. The summed E-state index contributed by atoms with van der Waals surface area (Å²) in [5.74, 6) is -0.514. The minimum atomic E-state index is -5.37. The summed E-state index contributed by atoms with van der Waals surface area (Å²) in [5, 5.41) is 21.0. The lowest BCUT2D eigenvalue weighted by molar-refractivity contribution is -0.0623. The van der Waals surface area contributed by atoms with E-state index in [2.05, 4.69) is 49.8 Å². The molecule has 39 nitrogen and oxygen atoms in total. The van der Waals surface area contributed by atoms with Crippen molar-refractivity contribution in [2.45, 2.75) is 106 Å². The monoisotopic (exact) mass is 1210 g/mol. The predicted octanol–water partition coefficient (Wildman–Crippen LogP) is -2.29. The summed E-state index contributed by atoms with van der Waals surface area (Å²) in [6.07, 6.45) is -10.9. The van der Waals surface area contributed by atoms with E-state index < -0.39 is 146 Å². The highest BCUT2D eigenvalue weighted by Gasteiger charge is 2.48. The zero-order valence-corrected chi connectivity index (χ0v) is 44.8. The number of rotatable bonds is 20. The van der Waals surface area contributed by atoms with Crippen molar-refractivity contribution in [2.75, 3.05) is 43.6 Å². The maximum Gasteiger partial charge on any atom is 0.472 e. The lowest BCUT2D eigenvalue weighted by Gasteiger charge is -2.25. The Kier molecular flexibility index (Phi) is 15.5. The number of phosphoric ester groups is 3. The number of aromatic amines is 3. The molecule has 3 unspecified atom stereocenters. The van der Waals surface area contributed by atoms with E-state index >= 15 is 0 Å². The van der Waals surface area contributed by atoms with E-state index in [0.29, 0.717) is 0 Å². The second-order valence-corrected chi connectivity index (χ2v) is 23.3. The Hall–Kier alpha value is -6.58. The molecule has 14 N–H and O–H groups in total. The van der Waals surface area contributed by atoms with Crippen LogP contribution in [0.5, 0.6) is 0 Å². The van der Waals surface area contributed by atoms with Gasteiger partial charge in [0.15, 0.2) is 33.8 Å². The number of phosphoric acid groups is 3. The highest BCUT2D eigenvalue weighted by Crippen LogP contribution is 2.54. The molecule has 0 amide bonds. The van der Waals surface area contributed by atoms with Gasteiger partial charge in [0.05, 0.1) is 51.5 Å². The molecule has 0 saturated carbocycles. The Morgan fingerprint density at radius 1 is 0.573 bits per heavy atom. The number of aryl methyl sites for hydroxylation is 1. The molecule has 82 heavy (non-hydrogen) atoms. The summed E-state index contributed by atoms with van der Waals surface area (Å²) in [4.78, 5) is 119. The zero-order chi connectivity index (χ0) is 58.2. The maximum atomic E-state index is 14.1. The Labute approximate surface area is 455 Å². The predicted molar refractivity (Wildman–Crippen MR) is 270 cm³/mol. The second kappa shape index (κ2) is 22.2. The Morgan fingerprint density at radius 3 is 1.51 bits per heavy atom. The molecule has 4 saturated heterocycles. The largest absolute Gasteiger partial charge is 0.472 e. The molecule has 4 aliphatic rings. The van der Waals surface area contributed by atoms with Crippen molar-refractivity contribution in [1.82, 2.24) is 68.1 Å². The Balaban J connectivity index is 0.790. The number of nitrogens with two attached hydrogens (primary N) is 3. The van der Waals surface area contributed by atoms with Gasteiger partial charge in [0.25, 0.3) is 16.7 Å². The fourth-order valence-electron chi connectivity index (χ4n) is 9.74. The van der Waals surface area contributed by atoms with Crippen molar-refractivity contribution in [3.8, 4) is 0 Å². The smallest absolute Gasteiger partial charge is 0.394 e. The summed E-state index contributed by atoms with van der Waals surface area (Å²) in [6.45, 7) is -1.87. The van der Waals surface area contributed by atoms with Crippen LogP contribution in [0, 0.1) is 6.92 Å². The molecule has 42 heteroatoms. The molecule has 11 heterocycles. The number of nitrogens with zero attached hydrogens (tertiary/aromatic N) is 11. The summed E-state index contributed by atoms with van der Waals surface area (Å²) in [7, 11) is -15.8. The number of ether oxygens (including phenoxy) is 4. The fourth-order valence-corrected chi connectivity index (χ4v) is 12.6. The van der Waals surface area contributed by atoms with E-state index in [1.54, 1.807) is 0 Å². The number of H-pyrrole nitrogens is 3. The quantitative estimate of drug-likeness (QED) is 0.0358. The summed E-state index contributed by atoms with van der Waals surface area (Å²) >= 11 is 0. The fraction of sp³-hybridized carbons (Fsp3) is 0.525. The number of aromatic nitrogens is 14. The number of hydrogen-bond acceptors (Lipinski definition) is 29. The molecule has 11 rings (SSSR count). The molecule has 0 bridgehead atoms. The first-order chi connectivity index (χ1) is 38.9. The average molecular weight is 1210 g/mol. The first-order valence-corrected chi connectivity index (χ1v) is 29.0. The van der Waals surface area contributed by atoms with Crippen LogP contribution >= 0.6 is 23.5 Å². The van der Waals surface area contributed by atoms with E-state index in [1.165, 1.54) is 39.5 Å². The Morgan fingerprint density at radius 2 is 1.00 bits per heavy atom. The minimum Gasteiger partial charge on any atom is -0.394 e. The second-order valence-electron chi connectivity index (χ2n) is 19.0. The third-order valence-corrected chi connectivity index (χ3v) is 16.7. The van der Waals surface area contributed by atoms with Gasteiger partial charge in [-0.1, -0.05) is 0 Å². The van der Waals surface area contributed by atoms with Crippen LogP contribution in [0.4, 0.5) is 17.7 Å². The first-order valence-electron chi connectivity index (χ1n) is 24.5. The third kappa shape index (κ3) is 11.7. The van der Waals surface area contributed by atoms with Gasteiger partial charge in [-0.3, -0.25) is 74.7 Å². The van der Waals surface area contributed by atoms with Gasteiger partial charge in [0.2, 0.25) is 11.9 Å².